The van der Waals surface area contributed by atoms with Crippen LogP contribution in [0, 0.1) is 0 Å². The molecule has 5 nitrogen and oxygen atoms in total. The predicted molar refractivity (Wildman–Crippen MR) is 150 cm³/mol. The highest BCUT2D eigenvalue weighted by Crippen LogP contribution is 2.37. The van der Waals surface area contributed by atoms with E-state index in [-0.39, 0.29) is 10.7 Å². The van der Waals surface area contributed by atoms with Crippen molar-refractivity contribution in [3.63, 3.8) is 0 Å². The number of carbonyl (C=O) groups excluding carboxylic acids is 2. The summed E-state index contributed by atoms with van der Waals surface area (Å²) in [6, 6.07) is 27.1. The van der Waals surface area contributed by atoms with Crippen LogP contribution in [0.4, 0.5) is 11.4 Å². The Balaban J connectivity index is 1.55. The lowest BCUT2D eigenvalue weighted by molar-refractivity contribution is -0.120. The Morgan fingerprint density at radius 3 is 1.89 bits per heavy atom. The van der Waals surface area contributed by atoms with Gasteiger partial charge in [-0.05, 0) is 88.8 Å². The topological polar surface area (TPSA) is 53.8 Å². The molecule has 1 aromatic heterocycles. The maximum atomic E-state index is 13.6. The largest absolute Gasteiger partial charge is 0.449 e. The van der Waals surface area contributed by atoms with Crippen LogP contribution in [0.25, 0.3) is 6.08 Å². The van der Waals surface area contributed by atoms with Gasteiger partial charge < -0.3 is 4.42 Å². The number of hydrogen-bond donors (Lipinski definition) is 0. The molecule has 1 aliphatic rings. The van der Waals surface area contributed by atoms with E-state index in [0.717, 1.165) is 4.90 Å². The molecular formula is C27H16BrClN2O3S2. The molecule has 9 heteroatoms. The minimum Gasteiger partial charge on any atom is -0.449 e. The van der Waals surface area contributed by atoms with Gasteiger partial charge in [0.05, 0.1) is 15.8 Å². The van der Waals surface area contributed by atoms with E-state index in [1.165, 1.54) is 27.6 Å². The van der Waals surface area contributed by atoms with E-state index in [9.17, 15) is 9.59 Å². The zero-order valence-corrected chi connectivity index (χ0v) is 22.4. The maximum Gasteiger partial charge on any atom is 0.270 e. The Kier molecular flexibility index (Phi) is 7.11. The van der Waals surface area contributed by atoms with Crippen LogP contribution < -0.4 is 9.80 Å². The average molecular weight is 596 g/mol. The molecule has 1 fully saturated rings. The monoisotopic (exact) mass is 594 g/mol. The number of hydrogen-bond acceptors (Lipinski definition) is 5. The van der Waals surface area contributed by atoms with Crippen LogP contribution in [0.2, 0.25) is 5.02 Å². The van der Waals surface area contributed by atoms with Crippen LogP contribution >= 0.6 is 51.5 Å². The number of halogens is 2. The molecule has 0 aliphatic carbocycles. The third-order valence-electron chi connectivity index (χ3n) is 5.26. The van der Waals surface area contributed by atoms with Gasteiger partial charge in [-0.2, -0.15) is 0 Å². The lowest BCUT2D eigenvalue weighted by Gasteiger charge is -2.36. The van der Waals surface area contributed by atoms with Crippen molar-refractivity contribution in [2.45, 2.75) is 9.99 Å². The highest BCUT2D eigenvalue weighted by atomic mass is 79.9. The summed E-state index contributed by atoms with van der Waals surface area (Å²) in [5, 5.41) is 1.30. The van der Waals surface area contributed by atoms with E-state index in [2.05, 4.69) is 15.9 Å². The molecule has 0 N–H and O–H groups in total. The van der Waals surface area contributed by atoms with Gasteiger partial charge in [0, 0.05) is 9.92 Å². The molecule has 2 amide bonds. The molecular weight excluding hydrogens is 580 g/mol. The molecule has 3 aromatic carbocycles. The molecule has 2 heterocycles. The SMILES string of the molecule is O=C1C(=Cc2cc(Br)c(Sc3ccc(Cl)cc3)o2)C(=O)N(c2ccccc2)C(=S)N1c1ccccc1. The van der Waals surface area contributed by atoms with Crippen LogP contribution in [-0.2, 0) is 9.59 Å². The van der Waals surface area contributed by atoms with Gasteiger partial charge in [-0.25, -0.2) is 0 Å². The fourth-order valence-electron chi connectivity index (χ4n) is 3.60. The number of para-hydroxylation sites is 2. The van der Waals surface area contributed by atoms with Crippen LogP contribution in [0.5, 0.6) is 0 Å². The fourth-order valence-corrected chi connectivity index (χ4v) is 5.43. The molecule has 0 spiro atoms. The number of furan rings is 1. The Bertz CT molecular complexity index is 1430. The molecule has 0 bridgehead atoms. The van der Waals surface area contributed by atoms with E-state index >= 15 is 0 Å². The summed E-state index contributed by atoms with van der Waals surface area (Å²) in [7, 11) is 0. The van der Waals surface area contributed by atoms with Crippen molar-refractivity contribution >= 4 is 85.9 Å². The fraction of sp³-hybridized carbons (Fsp3) is 0. The molecule has 4 aromatic rings. The van der Waals surface area contributed by atoms with Crippen molar-refractivity contribution in [1.82, 2.24) is 0 Å². The molecule has 1 aliphatic heterocycles. The number of nitrogens with zero attached hydrogens (tertiary/aromatic N) is 2. The molecule has 0 radical (unpaired) electrons. The second-order valence-electron chi connectivity index (χ2n) is 7.63. The van der Waals surface area contributed by atoms with Crippen molar-refractivity contribution < 1.29 is 14.0 Å². The number of benzene rings is 3. The van der Waals surface area contributed by atoms with Crippen molar-refractivity contribution in [3.8, 4) is 0 Å². The van der Waals surface area contributed by atoms with Gasteiger partial charge in [0.1, 0.15) is 11.3 Å². The molecule has 0 saturated carbocycles. The maximum absolute atomic E-state index is 13.6. The summed E-state index contributed by atoms with van der Waals surface area (Å²) in [4.78, 5) is 30.8. The molecule has 36 heavy (non-hydrogen) atoms. The zero-order valence-electron chi connectivity index (χ0n) is 18.4. The van der Waals surface area contributed by atoms with Gasteiger partial charge in [0.2, 0.25) is 0 Å². The Hall–Kier alpha value is -3.17. The predicted octanol–water partition coefficient (Wildman–Crippen LogP) is 7.60. The number of amides is 2. The molecule has 1 saturated heterocycles. The van der Waals surface area contributed by atoms with E-state index in [0.29, 0.717) is 31.7 Å². The van der Waals surface area contributed by atoms with Gasteiger partial charge in [-0.1, -0.05) is 59.8 Å². The van der Waals surface area contributed by atoms with Crippen molar-refractivity contribution in [2.24, 2.45) is 0 Å². The average Bonchev–Trinajstić information content (AvgIpc) is 3.23. The number of rotatable bonds is 5. The van der Waals surface area contributed by atoms with E-state index in [4.69, 9.17) is 28.2 Å². The summed E-state index contributed by atoms with van der Waals surface area (Å²) in [5.41, 5.74) is 1.05. The normalized spacial score (nSPS) is 13.9. The van der Waals surface area contributed by atoms with Crippen LogP contribution in [0.1, 0.15) is 5.76 Å². The number of carbonyl (C=O) groups is 2. The first-order chi connectivity index (χ1) is 17.4. The summed E-state index contributed by atoms with van der Waals surface area (Å²) < 4.78 is 6.68. The Labute approximate surface area is 230 Å². The molecule has 0 unspecified atom stereocenters. The van der Waals surface area contributed by atoms with Gasteiger partial charge in [0.25, 0.3) is 11.8 Å². The first-order valence-electron chi connectivity index (χ1n) is 10.7. The third kappa shape index (κ3) is 4.90. The quantitative estimate of drug-likeness (QED) is 0.135. The van der Waals surface area contributed by atoms with Gasteiger partial charge >= 0.3 is 0 Å². The van der Waals surface area contributed by atoms with Crippen LogP contribution in [0.15, 0.2) is 115 Å². The first-order valence-corrected chi connectivity index (χ1v) is 13.1. The summed E-state index contributed by atoms with van der Waals surface area (Å²) >= 11 is 16.5. The zero-order chi connectivity index (χ0) is 25.2. The summed E-state index contributed by atoms with van der Waals surface area (Å²) in [5.74, 6) is -0.700. The summed E-state index contributed by atoms with van der Waals surface area (Å²) in [6.07, 6.45) is 1.45. The lowest BCUT2D eigenvalue weighted by Crippen LogP contribution is -2.56. The summed E-state index contributed by atoms with van der Waals surface area (Å²) in [6.45, 7) is 0. The Morgan fingerprint density at radius 1 is 0.833 bits per heavy atom. The van der Waals surface area contributed by atoms with Crippen LogP contribution in [-0.4, -0.2) is 16.9 Å². The standard InChI is InChI=1S/C27H16BrClN2O3S2/c28-23-16-20(34-26(23)36-21-13-11-17(29)12-14-21)15-22-24(32)30(18-7-3-1-4-8-18)27(35)31(25(22)33)19-9-5-2-6-10-19/h1-16H. The highest BCUT2D eigenvalue weighted by molar-refractivity contribution is 9.10. The van der Waals surface area contributed by atoms with Crippen molar-refractivity contribution in [1.29, 1.82) is 0 Å². The number of anilines is 2. The van der Waals surface area contributed by atoms with Gasteiger partial charge in [0.15, 0.2) is 10.2 Å². The second-order valence-corrected chi connectivity index (χ2v) is 10.3. The first kappa shape index (κ1) is 24.5. The van der Waals surface area contributed by atoms with Crippen molar-refractivity contribution in [3.05, 3.63) is 112 Å². The Morgan fingerprint density at radius 2 is 1.36 bits per heavy atom. The second kappa shape index (κ2) is 10.4. The molecule has 0 atom stereocenters. The van der Waals surface area contributed by atoms with E-state index < -0.39 is 11.8 Å². The van der Waals surface area contributed by atoms with Gasteiger partial charge in [-0.3, -0.25) is 19.4 Å². The van der Waals surface area contributed by atoms with E-state index in [1.807, 2.05) is 48.5 Å². The minimum absolute atomic E-state index is 0.0689. The van der Waals surface area contributed by atoms with E-state index in [1.54, 1.807) is 42.5 Å². The van der Waals surface area contributed by atoms with Gasteiger partial charge in [-0.15, -0.1) is 0 Å². The third-order valence-corrected chi connectivity index (χ3v) is 7.73. The van der Waals surface area contributed by atoms with Crippen LogP contribution in [0.3, 0.4) is 0 Å². The number of thiocarbonyl (C=S) groups is 1. The lowest BCUT2D eigenvalue weighted by atomic mass is 10.1. The minimum atomic E-state index is -0.525. The highest BCUT2D eigenvalue weighted by Gasteiger charge is 2.41. The molecule has 178 valence electrons. The molecule has 5 rings (SSSR count). The van der Waals surface area contributed by atoms with Crippen molar-refractivity contribution in [2.75, 3.05) is 9.80 Å². The smallest absolute Gasteiger partial charge is 0.270 e.